The van der Waals surface area contributed by atoms with Crippen molar-refractivity contribution < 1.29 is 38.5 Å². The summed E-state index contributed by atoms with van der Waals surface area (Å²) >= 11 is 6.08. The highest BCUT2D eigenvalue weighted by molar-refractivity contribution is 7.81. The van der Waals surface area contributed by atoms with E-state index in [2.05, 4.69) is 33.0 Å². The molecule has 236 valence electrons. The molecular weight excluding hydrogens is 598 g/mol. The van der Waals surface area contributed by atoms with Gasteiger partial charge in [0.1, 0.15) is 25.3 Å². The highest BCUT2D eigenvalue weighted by atomic mass is 32.1. The summed E-state index contributed by atoms with van der Waals surface area (Å²) in [5.41, 5.74) is 9.53. The van der Waals surface area contributed by atoms with Gasteiger partial charge in [0, 0.05) is 24.3 Å². The number of thiazole rings is 1. The fourth-order valence-corrected chi connectivity index (χ4v) is 5.45. The van der Waals surface area contributed by atoms with E-state index in [1.165, 1.54) is 4.90 Å². The van der Waals surface area contributed by atoms with Crippen LogP contribution in [-0.2, 0) is 35.1 Å². The lowest BCUT2D eigenvalue weighted by Gasteiger charge is -2.34. The Morgan fingerprint density at radius 1 is 1.16 bits per heavy atom. The quantitative estimate of drug-likeness (QED) is 0.141. The maximum absolute atomic E-state index is 13.6. The second-order valence-corrected chi connectivity index (χ2v) is 12.6. The average Bonchev–Trinajstić information content (AvgIpc) is 3.56. The molecule has 1 aromatic carbocycles. The summed E-state index contributed by atoms with van der Waals surface area (Å²) in [5.74, 6) is -1.50. The van der Waals surface area contributed by atoms with E-state index in [9.17, 15) is 24.3 Å². The van der Waals surface area contributed by atoms with E-state index < -0.39 is 46.7 Å². The number of aromatic nitrogens is 1. The van der Waals surface area contributed by atoms with Gasteiger partial charge in [0.05, 0.1) is 42.0 Å². The zero-order chi connectivity index (χ0) is 31.6. The lowest BCUT2D eigenvalue weighted by atomic mass is 10.0. The van der Waals surface area contributed by atoms with E-state index in [-0.39, 0.29) is 52.5 Å². The van der Waals surface area contributed by atoms with Crippen LogP contribution in [0.4, 0.5) is 4.79 Å². The van der Waals surface area contributed by atoms with Gasteiger partial charge in [-0.15, -0.1) is 11.3 Å². The fraction of sp³-hybridized carbons (Fsp3) is 0.536. The Balaban J connectivity index is 1.53. The first kappa shape index (κ1) is 34.3. The molecule has 3 atom stereocenters. The summed E-state index contributed by atoms with van der Waals surface area (Å²) in [6.07, 6.45) is -1.72. The third-order valence-electron chi connectivity index (χ3n) is 6.63. The van der Waals surface area contributed by atoms with Crippen LogP contribution in [0.5, 0.6) is 0 Å². The highest BCUT2D eigenvalue weighted by Gasteiger charge is 2.44. The average molecular weight is 638 g/mol. The van der Waals surface area contributed by atoms with Crippen molar-refractivity contribution in [3.05, 3.63) is 41.0 Å². The van der Waals surface area contributed by atoms with E-state index in [0.717, 1.165) is 21.7 Å². The van der Waals surface area contributed by atoms with Crippen molar-refractivity contribution in [2.24, 2.45) is 5.73 Å². The molecule has 2 aromatic rings. The van der Waals surface area contributed by atoms with Crippen molar-refractivity contribution in [3.8, 4) is 10.4 Å². The molecule has 4 amide bonds. The first-order valence-corrected chi connectivity index (χ1v) is 15.0. The number of nitrogens with one attached hydrogen (secondary N) is 2. The summed E-state index contributed by atoms with van der Waals surface area (Å²) in [4.78, 5) is 56.6. The van der Waals surface area contributed by atoms with Gasteiger partial charge in [-0.1, -0.05) is 24.3 Å². The smallest absolute Gasteiger partial charge is 0.404 e. The number of carbonyl (C=O) groups excluding carboxylic acids is 4. The molecule has 15 heteroatoms. The molecule has 0 saturated carbocycles. The highest BCUT2D eigenvalue weighted by Crippen LogP contribution is 2.28. The third kappa shape index (κ3) is 10.5. The SMILES string of the molecule is Cc1ncsc1-c1ccc(CNC(=O)[C@@H]2C[C@@H](O)CN2C(=O)[C@@H](NC(=O)COCCOCCOC(N)=O)C(C)(C)S)cc1. The van der Waals surface area contributed by atoms with Crippen LogP contribution in [0.2, 0.25) is 0 Å². The van der Waals surface area contributed by atoms with Gasteiger partial charge < -0.3 is 40.6 Å². The maximum atomic E-state index is 13.6. The Labute approximate surface area is 259 Å². The van der Waals surface area contributed by atoms with Gasteiger partial charge in [-0.3, -0.25) is 14.4 Å². The standard InChI is InChI=1S/C28H39N5O8S2/c1-17-23(43-16-31-17)19-6-4-18(5-7-19)13-30-25(36)21-12-20(34)14-33(21)26(37)24(28(2,3)42)32-22(35)15-40-9-8-39-10-11-41-27(29)38/h4-7,16,20-21,24,34,42H,8-15H2,1-3H3,(H2,29,38)(H,30,36)(H,32,35)/t20-,21+,24-/m1/s1. The number of benzene rings is 1. The molecule has 0 spiro atoms. The number of aliphatic hydroxyl groups excluding tert-OH is 1. The van der Waals surface area contributed by atoms with Crippen LogP contribution in [0.3, 0.4) is 0 Å². The van der Waals surface area contributed by atoms with Gasteiger partial charge >= 0.3 is 6.09 Å². The summed E-state index contributed by atoms with van der Waals surface area (Å²) < 4.78 is 14.0. The summed E-state index contributed by atoms with van der Waals surface area (Å²) in [7, 11) is 0. The molecule has 43 heavy (non-hydrogen) atoms. The van der Waals surface area contributed by atoms with Crippen LogP contribution < -0.4 is 16.4 Å². The number of nitrogens with zero attached hydrogens (tertiary/aromatic N) is 2. The van der Waals surface area contributed by atoms with E-state index in [0.29, 0.717) is 0 Å². The Kier molecular flexibility index (Phi) is 12.7. The van der Waals surface area contributed by atoms with Crippen LogP contribution in [0.15, 0.2) is 29.8 Å². The molecule has 13 nitrogen and oxygen atoms in total. The predicted octanol–water partition coefficient (Wildman–Crippen LogP) is 1.02. The van der Waals surface area contributed by atoms with Gasteiger partial charge in [-0.05, 0) is 31.9 Å². The maximum Gasteiger partial charge on any atom is 0.404 e. The molecule has 0 radical (unpaired) electrons. The summed E-state index contributed by atoms with van der Waals surface area (Å²) in [6, 6.07) is 5.77. The molecule has 1 aromatic heterocycles. The number of hydrogen-bond donors (Lipinski definition) is 5. The Bertz CT molecular complexity index is 1250. The molecule has 0 aliphatic carbocycles. The topological polar surface area (TPSA) is 182 Å². The third-order valence-corrected chi connectivity index (χ3v) is 7.86. The fourth-order valence-electron chi connectivity index (χ4n) is 4.46. The number of primary amides is 1. The number of aryl methyl sites for hydroxylation is 1. The van der Waals surface area contributed by atoms with Crippen LogP contribution in [0.1, 0.15) is 31.5 Å². The van der Waals surface area contributed by atoms with Crippen molar-refractivity contribution in [2.75, 3.05) is 39.6 Å². The lowest BCUT2D eigenvalue weighted by Crippen LogP contribution is -2.59. The van der Waals surface area contributed by atoms with Gasteiger partial charge in [-0.25, -0.2) is 9.78 Å². The minimum absolute atomic E-state index is 0.00175. The van der Waals surface area contributed by atoms with Crippen LogP contribution in [0, 0.1) is 6.92 Å². The van der Waals surface area contributed by atoms with E-state index in [1.807, 2.05) is 31.2 Å². The Morgan fingerprint density at radius 3 is 2.47 bits per heavy atom. The molecule has 0 unspecified atom stereocenters. The lowest BCUT2D eigenvalue weighted by molar-refractivity contribution is -0.142. The number of carbonyl (C=O) groups is 4. The van der Waals surface area contributed by atoms with Crippen molar-refractivity contribution in [3.63, 3.8) is 0 Å². The van der Waals surface area contributed by atoms with Gasteiger partial charge in [0.25, 0.3) is 0 Å². The second-order valence-electron chi connectivity index (χ2n) is 10.6. The number of thiol groups is 1. The zero-order valence-electron chi connectivity index (χ0n) is 24.4. The summed E-state index contributed by atoms with van der Waals surface area (Å²) in [5, 5.41) is 15.9. The van der Waals surface area contributed by atoms with Gasteiger partial charge in [0.15, 0.2) is 0 Å². The van der Waals surface area contributed by atoms with Crippen molar-refractivity contribution >= 4 is 47.8 Å². The number of aliphatic hydroxyl groups is 1. The number of ether oxygens (including phenoxy) is 3. The van der Waals surface area contributed by atoms with E-state index >= 15 is 0 Å². The van der Waals surface area contributed by atoms with Gasteiger partial charge in [0.2, 0.25) is 17.7 Å². The minimum atomic E-state index is -1.10. The van der Waals surface area contributed by atoms with Crippen molar-refractivity contribution in [1.29, 1.82) is 0 Å². The van der Waals surface area contributed by atoms with E-state index in [1.54, 1.807) is 30.7 Å². The molecule has 1 saturated heterocycles. The number of likely N-dealkylation sites (tertiary alicyclic amines) is 1. The monoisotopic (exact) mass is 637 g/mol. The van der Waals surface area contributed by atoms with Gasteiger partial charge in [-0.2, -0.15) is 12.6 Å². The second kappa shape index (κ2) is 16.0. The number of hydrogen-bond acceptors (Lipinski definition) is 11. The minimum Gasteiger partial charge on any atom is -0.447 e. The van der Waals surface area contributed by atoms with Crippen molar-refractivity contribution in [2.45, 2.75) is 56.7 Å². The molecule has 5 N–H and O–H groups in total. The Morgan fingerprint density at radius 2 is 1.84 bits per heavy atom. The number of β-amino-alcohol motifs (C(OH)–C–C–N with tert-alkyl or cyclic N) is 1. The zero-order valence-corrected chi connectivity index (χ0v) is 26.1. The molecule has 1 aliphatic heterocycles. The first-order valence-electron chi connectivity index (χ1n) is 13.7. The van der Waals surface area contributed by atoms with Crippen LogP contribution in [-0.4, -0.2) is 101 Å². The van der Waals surface area contributed by atoms with Crippen LogP contribution in [0.25, 0.3) is 10.4 Å². The number of rotatable bonds is 15. The largest absolute Gasteiger partial charge is 0.447 e. The number of amides is 4. The first-order chi connectivity index (χ1) is 20.4. The molecule has 3 rings (SSSR count). The molecule has 2 heterocycles. The Hall–Kier alpha value is -3.24. The molecule has 1 fully saturated rings. The predicted molar refractivity (Wildman–Crippen MR) is 162 cm³/mol. The van der Waals surface area contributed by atoms with Crippen LogP contribution >= 0.6 is 24.0 Å². The number of nitrogens with two attached hydrogens (primary N) is 1. The van der Waals surface area contributed by atoms with Crippen molar-refractivity contribution in [1.82, 2.24) is 20.5 Å². The molecule has 0 bridgehead atoms. The normalized spacial score (nSPS) is 17.4. The van der Waals surface area contributed by atoms with E-state index in [4.69, 9.17) is 15.2 Å². The molecular formula is C28H39N5O8S2. The molecule has 1 aliphatic rings. The summed E-state index contributed by atoms with van der Waals surface area (Å²) in [6.45, 7) is 5.49.